The van der Waals surface area contributed by atoms with E-state index in [9.17, 15) is 0 Å². The van der Waals surface area contributed by atoms with E-state index in [2.05, 4.69) is 57.6 Å². The minimum Gasteiger partial charge on any atom is -0.362 e. The first-order valence-electron chi connectivity index (χ1n) is 6.02. The van der Waals surface area contributed by atoms with Crippen LogP contribution in [0, 0.1) is 20.8 Å². The average Bonchev–Trinajstić information content (AvgIpc) is 2.65. The number of allylic oxidation sites excluding steroid dienone is 2. The molecular formula is C15H20N2. The molecule has 2 heterocycles. The molecule has 1 aliphatic heterocycles. The van der Waals surface area contributed by atoms with Crippen LogP contribution in [0.5, 0.6) is 0 Å². The van der Waals surface area contributed by atoms with Crippen LogP contribution in [0.1, 0.15) is 43.3 Å². The van der Waals surface area contributed by atoms with Gasteiger partial charge in [0.2, 0.25) is 0 Å². The second-order valence-electron chi connectivity index (χ2n) is 4.89. The molecule has 2 nitrogen and oxygen atoms in total. The first-order valence-corrected chi connectivity index (χ1v) is 6.02. The van der Waals surface area contributed by atoms with Crippen molar-refractivity contribution in [3.8, 4) is 0 Å². The SMILES string of the molecule is CC1=NC(=Cc2c(C)[nH]c(C)c2C)C(C)=C1C. The van der Waals surface area contributed by atoms with Crippen molar-refractivity contribution in [1.29, 1.82) is 0 Å². The van der Waals surface area contributed by atoms with Crippen molar-refractivity contribution in [3.05, 3.63) is 39.4 Å². The fraction of sp³-hybridized carbons (Fsp3) is 0.400. The molecule has 0 saturated heterocycles. The average molecular weight is 228 g/mol. The molecule has 1 aliphatic rings. The van der Waals surface area contributed by atoms with Crippen molar-refractivity contribution in [2.75, 3.05) is 0 Å². The van der Waals surface area contributed by atoms with Gasteiger partial charge in [0.1, 0.15) is 0 Å². The van der Waals surface area contributed by atoms with Crippen LogP contribution in [0.25, 0.3) is 6.08 Å². The van der Waals surface area contributed by atoms with Crippen molar-refractivity contribution < 1.29 is 0 Å². The van der Waals surface area contributed by atoms with E-state index < -0.39 is 0 Å². The van der Waals surface area contributed by atoms with E-state index in [0.717, 1.165) is 11.4 Å². The lowest BCUT2D eigenvalue weighted by molar-refractivity contribution is 1.17. The van der Waals surface area contributed by atoms with E-state index in [1.54, 1.807) is 0 Å². The number of aryl methyl sites for hydroxylation is 2. The Morgan fingerprint density at radius 1 is 0.882 bits per heavy atom. The summed E-state index contributed by atoms with van der Waals surface area (Å²) in [6.07, 6.45) is 2.20. The van der Waals surface area contributed by atoms with E-state index >= 15 is 0 Å². The summed E-state index contributed by atoms with van der Waals surface area (Å²) in [6, 6.07) is 0. The molecule has 0 radical (unpaired) electrons. The molecule has 90 valence electrons. The fourth-order valence-corrected chi connectivity index (χ4v) is 2.23. The molecule has 0 atom stereocenters. The lowest BCUT2D eigenvalue weighted by atomic mass is 10.0. The summed E-state index contributed by atoms with van der Waals surface area (Å²) >= 11 is 0. The van der Waals surface area contributed by atoms with E-state index in [1.165, 1.54) is 33.7 Å². The summed E-state index contributed by atoms with van der Waals surface area (Å²) in [4.78, 5) is 8.00. The lowest BCUT2D eigenvalue weighted by Gasteiger charge is -1.99. The summed E-state index contributed by atoms with van der Waals surface area (Å²) in [5.74, 6) is 0. The molecule has 0 saturated carbocycles. The molecule has 2 heteroatoms. The zero-order valence-corrected chi connectivity index (χ0v) is 11.5. The van der Waals surface area contributed by atoms with Crippen LogP contribution in [0.3, 0.4) is 0 Å². The number of aliphatic imine (C=N–C) groups is 1. The smallest absolute Gasteiger partial charge is 0.0672 e. The normalized spacial score (nSPS) is 18.2. The Hall–Kier alpha value is -1.57. The predicted molar refractivity (Wildman–Crippen MR) is 74.5 cm³/mol. The van der Waals surface area contributed by atoms with Gasteiger partial charge in [-0.05, 0) is 64.3 Å². The maximum atomic E-state index is 4.63. The van der Waals surface area contributed by atoms with E-state index in [-0.39, 0.29) is 0 Å². The zero-order valence-electron chi connectivity index (χ0n) is 11.5. The molecule has 0 aliphatic carbocycles. The van der Waals surface area contributed by atoms with E-state index in [4.69, 9.17) is 0 Å². The molecule has 0 aromatic carbocycles. The Bertz CT molecular complexity index is 566. The van der Waals surface area contributed by atoms with Gasteiger partial charge in [0.25, 0.3) is 0 Å². The Balaban J connectivity index is 2.53. The van der Waals surface area contributed by atoms with Gasteiger partial charge in [-0.25, -0.2) is 0 Å². The number of hydrogen-bond donors (Lipinski definition) is 1. The van der Waals surface area contributed by atoms with Gasteiger partial charge >= 0.3 is 0 Å². The predicted octanol–water partition coefficient (Wildman–Crippen LogP) is 4.09. The van der Waals surface area contributed by atoms with Gasteiger partial charge in [-0.1, -0.05) is 0 Å². The maximum absolute atomic E-state index is 4.63. The Morgan fingerprint density at radius 2 is 1.53 bits per heavy atom. The van der Waals surface area contributed by atoms with Crippen LogP contribution in [-0.2, 0) is 0 Å². The van der Waals surface area contributed by atoms with Crippen LogP contribution < -0.4 is 0 Å². The molecule has 0 fully saturated rings. The van der Waals surface area contributed by atoms with Crippen molar-refractivity contribution in [3.63, 3.8) is 0 Å². The van der Waals surface area contributed by atoms with Crippen molar-refractivity contribution in [2.45, 2.75) is 41.5 Å². The molecule has 0 bridgehead atoms. The van der Waals surface area contributed by atoms with Crippen LogP contribution in [-0.4, -0.2) is 10.7 Å². The highest BCUT2D eigenvalue weighted by Gasteiger charge is 2.15. The Morgan fingerprint density at radius 3 is 1.94 bits per heavy atom. The molecule has 0 amide bonds. The number of aromatic nitrogens is 1. The molecule has 0 spiro atoms. The molecule has 17 heavy (non-hydrogen) atoms. The van der Waals surface area contributed by atoms with Crippen molar-refractivity contribution >= 4 is 11.8 Å². The highest BCUT2D eigenvalue weighted by atomic mass is 14.8. The van der Waals surface area contributed by atoms with E-state index in [1.807, 2.05) is 0 Å². The standard InChI is InChI=1S/C15H20N2/c1-8-9(2)15(17-11(8)4)7-14-10(3)12(5)16-13(14)6/h7,16H,1-6H3. The molecule has 0 unspecified atom stereocenters. The molecule has 1 aromatic heterocycles. The van der Waals surface area contributed by atoms with Crippen molar-refractivity contribution in [1.82, 2.24) is 4.98 Å². The minimum absolute atomic E-state index is 1.10. The number of H-pyrrole nitrogens is 1. The molecule has 1 N–H and O–H groups in total. The van der Waals surface area contributed by atoms with Crippen LogP contribution >= 0.6 is 0 Å². The van der Waals surface area contributed by atoms with Crippen LogP contribution in [0.2, 0.25) is 0 Å². The Kier molecular flexibility index (Phi) is 2.82. The quantitative estimate of drug-likeness (QED) is 0.750. The van der Waals surface area contributed by atoms with Gasteiger partial charge in [0.05, 0.1) is 5.70 Å². The summed E-state index contributed by atoms with van der Waals surface area (Å²) in [6.45, 7) is 12.7. The van der Waals surface area contributed by atoms with Crippen LogP contribution in [0.4, 0.5) is 0 Å². The second-order valence-corrected chi connectivity index (χ2v) is 4.89. The zero-order chi connectivity index (χ0) is 12.7. The first-order chi connectivity index (χ1) is 7.91. The number of nitrogens with zero attached hydrogens (tertiary/aromatic N) is 1. The number of aromatic amines is 1. The van der Waals surface area contributed by atoms with Gasteiger partial charge in [-0.3, -0.25) is 4.99 Å². The van der Waals surface area contributed by atoms with Gasteiger partial charge in [0.15, 0.2) is 0 Å². The maximum Gasteiger partial charge on any atom is 0.0672 e. The second kappa shape index (κ2) is 4.02. The first kappa shape index (κ1) is 11.9. The van der Waals surface area contributed by atoms with Gasteiger partial charge in [0, 0.05) is 22.7 Å². The largest absolute Gasteiger partial charge is 0.362 e. The summed E-state index contributed by atoms with van der Waals surface area (Å²) in [7, 11) is 0. The summed E-state index contributed by atoms with van der Waals surface area (Å²) in [5, 5.41) is 0. The minimum atomic E-state index is 1.10. The molecule has 1 aromatic rings. The number of hydrogen-bond acceptors (Lipinski definition) is 1. The Labute approximate surface area is 103 Å². The third-order valence-corrected chi connectivity index (χ3v) is 3.80. The topological polar surface area (TPSA) is 28.1 Å². The van der Waals surface area contributed by atoms with Gasteiger partial charge in [-0.15, -0.1) is 0 Å². The fourth-order valence-electron chi connectivity index (χ4n) is 2.23. The lowest BCUT2D eigenvalue weighted by Crippen LogP contribution is -1.86. The monoisotopic (exact) mass is 228 g/mol. The van der Waals surface area contributed by atoms with Crippen molar-refractivity contribution in [2.24, 2.45) is 4.99 Å². The highest BCUT2D eigenvalue weighted by Crippen LogP contribution is 2.29. The summed E-state index contributed by atoms with van der Waals surface area (Å²) in [5.41, 5.74) is 9.90. The third kappa shape index (κ3) is 1.88. The molecule has 2 rings (SSSR count). The molecular weight excluding hydrogens is 208 g/mol. The summed E-state index contributed by atoms with van der Waals surface area (Å²) < 4.78 is 0. The van der Waals surface area contributed by atoms with Gasteiger partial charge in [-0.2, -0.15) is 0 Å². The van der Waals surface area contributed by atoms with Gasteiger partial charge < -0.3 is 4.98 Å². The van der Waals surface area contributed by atoms with Crippen LogP contribution in [0.15, 0.2) is 21.8 Å². The third-order valence-electron chi connectivity index (χ3n) is 3.80. The van der Waals surface area contributed by atoms with E-state index in [0.29, 0.717) is 0 Å². The highest BCUT2D eigenvalue weighted by molar-refractivity contribution is 6.03. The number of rotatable bonds is 1. The number of nitrogens with one attached hydrogen (secondary N) is 1.